The Morgan fingerprint density at radius 3 is 2.37 bits per heavy atom. The number of carbonyl (C=O) groups excluding carboxylic acids is 2. The number of hydrogen-bond acceptors (Lipinski definition) is 5. The smallest absolute Gasteiger partial charge is 0.243 e. The topological polar surface area (TPSA) is 77.1 Å². The molecule has 3 rings (SSSR count). The molecule has 0 radical (unpaired) electrons. The van der Waals surface area contributed by atoms with Gasteiger partial charge in [-0.15, -0.1) is 0 Å². The second-order valence-electron chi connectivity index (χ2n) is 9.79. The fourth-order valence-electron chi connectivity index (χ4n) is 5.08. The van der Waals surface area contributed by atoms with Gasteiger partial charge in [0.2, 0.25) is 11.8 Å². The first-order valence-corrected chi connectivity index (χ1v) is 14.1. The normalized spacial score (nSPS) is 14.4. The number of hydrogen-bond donors (Lipinski definition) is 1. The summed E-state index contributed by atoms with van der Waals surface area (Å²) in [6.45, 7) is 7.28. The van der Waals surface area contributed by atoms with E-state index in [-0.39, 0.29) is 24.3 Å². The number of benzene rings is 2. The lowest BCUT2D eigenvalue weighted by Crippen LogP contribution is -2.51. The molecular formula is C31H44N2O5. The van der Waals surface area contributed by atoms with Gasteiger partial charge in [-0.25, -0.2) is 0 Å². The summed E-state index contributed by atoms with van der Waals surface area (Å²) in [5.41, 5.74) is 1.92. The van der Waals surface area contributed by atoms with Crippen LogP contribution in [0, 0.1) is 0 Å². The average Bonchev–Trinajstić information content (AvgIpc) is 2.93. The summed E-state index contributed by atoms with van der Waals surface area (Å²) < 4.78 is 16.8. The number of aryl methyl sites for hydroxylation is 1. The predicted molar refractivity (Wildman–Crippen MR) is 150 cm³/mol. The lowest BCUT2D eigenvalue weighted by molar-refractivity contribution is -0.141. The van der Waals surface area contributed by atoms with Crippen LogP contribution in [0.4, 0.5) is 0 Å². The van der Waals surface area contributed by atoms with Crippen LogP contribution in [0.2, 0.25) is 0 Å². The molecule has 1 aliphatic rings. The van der Waals surface area contributed by atoms with Crippen LogP contribution in [0.15, 0.2) is 42.5 Å². The molecule has 0 aromatic heterocycles. The zero-order chi connectivity index (χ0) is 27.3. The summed E-state index contributed by atoms with van der Waals surface area (Å²) in [5, 5.41) is 3.24. The third-order valence-corrected chi connectivity index (χ3v) is 7.06. The molecule has 1 fully saturated rings. The SMILES string of the molecule is CCOc1ccc(CCC(=O)N(Cc2cccc(OC)c2)[C@H](CC)C(=O)NC2CCCCC2)cc1OCC. The average molecular weight is 525 g/mol. The molecule has 0 unspecified atom stereocenters. The summed E-state index contributed by atoms with van der Waals surface area (Å²) in [6.07, 6.45) is 6.89. The Kier molecular flexibility index (Phi) is 11.8. The molecular weight excluding hydrogens is 480 g/mol. The number of methoxy groups -OCH3 is 1. The number of rotatable bonds is 14. The van der Waals surface area contributed by atoms with Crippen molar-refractivity contribution in [2.45, 2.75) is 90.8 Å². The summed E-state index contributed by atoms with van der Waals surface area (Å²) >= 11 is 0. The van der Waals surface area contributed by atoms with Gasteiger partial charge in [-0.1, -0.05) is 44.4 Å². The third kappa shape index (κ3) is 8.40. The molecule has 2 aromatic carbocycles. The highest BCUT2D eigenvalue weighted by Gasteiger charge is 2.30. The van der Waals surface area contributed by atoms with E-state index in [0.29, 0.717) is 44.1 Å². The Labute approximate surface area is 227 Å². The van der Waals surface area contributed by atoms with Gasteiger partial charge in [-0.3, -0.25) is 9.59 Å². The number of nitrogens with one attached hydrogen (secondary N) is 1. The van der Waals surface area contributed by atoms with Crippen LogP contribution in [0.3, 0.4) is 0 Å². The van der Waals surface area contributed by atoms with Crippen molar-refractivity contribution in [3.8, 4) is 17.2 Å². The lowest BCUT2D eigenvalue weighted by atomic mass is 9.95. The van der Waals surface area contributed by atoms with E-state index in [1.807, 2.05) is 63.2 Å². The molecule has 7 heteroatoms. The predicted octanol–water partition coefficient (Wildman–Crippen LogP) is 5.68. The molecule has 2 aromatic rings. The molecule has 1 saturated carbocycles. The van der Waals surface area contributed by atoms with E-state index in [1.165, 1.54) is 6.42 Å². The van der Waals surface area contributed by atoms with E-state index in [9.17, 15) is 9.59 Å². The number of ether oxygens (including phenoxy) is 3. The monoisotopic (exact) mass is 524 g/mol. The Morgan fingerprint density at radius 1 is 0.947 bits per heavy atom. The number of carbonyl (C=O) groups is 2. The van der Waals surface area contributed by atoms with E-state index in [2.05, 4.69) is 5.32 Å². The minimum absolute atomic E-state index is 0.0506. The first-order valence-electron chi connectivity index (χ1n) is 14.1. The summed E-state index contributed by atoms with van der Waals surface area (Å²) in [6, 6.07) is 13.2. The van der Waals surface area contributed by atoms with Gasteiger partial charge < -0.3 is 24.4 Å². The first-order chi connectivity index (χ1) is 18.5. The van der Waals surface area contributed by atoms with Gasteiger partial charge in [0.05, 0.1) is 20.3 Å². The quantitative estimate of drug-likeness (QED) is 0.344. The maximum absolute atomic E-state index is 13.7. The Hall–Kier alpha value is -3.22. The minimum atomic E-state index is -0.532. The van der Waals surface area contributed by atoms with Crippen LogP contribution in [-0.2, 0) is 22.6 Å². The van der Waals surface area contributed by atoms with Crippen molar-refractivity contribution in [3.63, 3.8) is 0 Å². The van der Waals surface area contributed by atoms with Gasteiger partial charge in [0.25, 0.3) is 0 Å². The van der Waals surface area contributed by atoms with Crippen LogP contribution in [0.5, 0.6) is 17.2 Å². The molecule has 0 spiro atoms. The Bertz CT molecular complexity index is 1030. The van der Waals surface area contributed by atoms with E-state index < -0.39 is 6.04 Å². The van der Waals surface area contributed by atoms with Crippen molar-refractivity contribution < 1.29 is 23.8 Å². The van der Waals surface area contributed by atoms with Crippen LogP contribution in [0.25, 0.3) is 0 Å². The Balaban J connectivity index is 1.78. The molecule has 2 amide bonds. The second-order valence-corrected chi connectivity index (χ2v) is 9.79. The van der Waals surface area contributed by atoms with E-state index in [1.54, 1.807) is 12.0 Å². The molecule has 0 heterocycles. The number of amides is 2. The van der Waals surface area contributed by atoms with E-state index >= 15 is 0 Å². The van der Waals surface area contributed by atoms with Crippen LogP contribution >= 0.6 is 0 Å². The molecule has 208 valence electrons. The van der Waals surface area contributed by atoms with Gasteiger partial charge in [-0.05, 0) is 74.9 Å². The van der Waals surface area contributed by atoms with Crippen LogP contribution < -0.4 is 19.5 Å². The molecule has 1 aliphatic carbocycles. The molecule has 1 atom stereocenters. The minimum Gasteiger partial charge on any atom is -0.497 e. The van der Waals surface area contributed by atoms with Crippen molar-refractivity contribution in [2.24, 2.45) is 0 Å². The highest BCUT2D eigenvalue weighted by molar-refractivity contribution is 5.88. The zero-order valence-corrected chi connectivity index (χ0v) is 23.5. The fraction of sp³-hybridized carbons (Fsp3) is 0.548. The molecule has 0 aliphatic heterocycles. The Morgan fingerprint density at radius 2 is 1.68 bits per heavy atom. The molecule has 38 heavy (non-hydrogen) atoms. The third-order valence-electron chi connectivity index (χ3n) is 7.06. The maximum atomic E-state index is 13.7. The van der Waals surface area contributed by atoms with Gasteiger partial charge in [-0.2, -0.15) is 0 Å². The largest absolute Gasteiger partial charge is 0.497 e. The van der Waals surface area contributed by atoms with Crippen molar-refractivity contribution in [1.82, 2.24) is 10.2 Å². The standard InChI is InChI=1S/C31H44N2O5/c1-5-27(31(35)32-25-13-9-8-10-14-25)33(22-24-12-11-15-26(20-24)36-4)30(34)19-17-23-16-18-28(37-6-2)29(21-23)38-7-3/h11-12,15-16,18,20-21,25,27H,5-10,13-14,17,19,22H2,1-4H3,(H,32,35)/t27-/m1/s1. The molecule has 0 saturated heterocycles. The van der Waals surface area contributed by atoms with Crippen molar-refractivity contribution in [2.75, 3.05) is 20.3 Å². The van der Waals surface area contributed by atoms with Gasteiger partial charge in [0.15, 0.2) is 11.5 Å². The zero-order valence-electron chi connectivity index (χ0n) is 23.5. The highest BCUT2D eigenvalue weighted by Crippen LogP contribution is 2.29. The lowest BCUT2D eigenvalue weighted by Gasteiger charge is -2.33. The molecule has 7 nitrogen and oxygen atoms in total. The van der Waals surface area contributed by atoms with E-state index in [0.717, 1.165) is 42.6 Å². The number of nitrogens with zero attached hydrogens (tertiary/aromatic N) is 1. The second kappa shape index (κ2) is 15.3. The van der Waals surface area contributed by atoms with Gasteiger partial charge in [0, 0.05) is 19.0 Å². The van der Waals surface area contributed by atoms with Gasteiger partial charge in [0.1, 0.15) is 11.8 Å². The molecule has 1 N–H and O–H groups in total. The molecule has 0 bridgehead atoms. The first kappa shape index (κ1) is 29.3. The van der Waals surface area contributed by atoms with Crippen molar-refractivity contribution in [1.29, 1.82) is 0 Å². The van der Waals surface area contributed by atoms with Crippen molar-refractivity contribution in [3.05, 3.63) is 53.6 Å². The van der Waals surface area contributed by atoms with Crippen LogP contribution in [-0.4, -0.2) is 49.1 Å². The van der Waals surface area contributed by atoms with Gasteiger partial charge >= 0.3 is 0 Å². The summed E-state index contributed by atoms with van der Waals surface area (Å²) in [5.74, 6) is 2.01. The maximum Gasteiger partial charge on any atom is 0.243 e. The fourth-order valence-corrected chi connectivity index (χ4v) is 5.08. The summed E-state index contributed by atoms with van der Waals surface area (Å²) in [4.78, 5) is 28.9. The highest BCUT2D eigenvalue weighted by atomic mass is 16.5. The van der Waals surface area contributed by atoms with Crippen LogP contribution in [0.1, 0.15) is 76.8 Å². The van der Waals surface area contributed by atoms with E-state index in [4.69, 9.17) is 14.2 Å². The van der Waals surface area contributed by atoms with Crippen molar-refractivity contribution >= 4 is 11.8 Å². The summed E-state index contributed by atoms with van der Waals surface area (Å²) in [7, 11) is 1.63.